The Morgan fingerprint density at radius 3 is 2.22 bits per heavy atom. The average molecular weight is 260 g/mol. The summed E-state index contributed by atoms with van der Waals surface area (Å²) in [5.41, 5.74) is 0. The molecule has 0 aromatic rings. The van der Waals surface area contributed by atoms with Crippen molar-refractivity contribution in [3.05, 3.63) is 0 Å². The fourth-order valence-corrected chi connectivity index (χ4v) is 1.18. The predicted octanol–water partition coefficient (Wildman–Crippen LogP) is -0.795. The highest BCUT2D eigenvalue weighted by Crippen LogP contribution is 2.02. The van der Waals surface area contributed by atoms with Crippen LogP contribution in [0.3, 0.4) is 0 Å². The molecule has 0 heterocycles. The lowest BCUT2D eigenvalue weighted by molar-refractivity contribution is -0.146. The fourth-order valence-electron chi connectivity index (χ4n) is 1.18. The first-order chi connectivity index (χ1) is 8.46. The van der Waals surface area contributed by atoms with Gasteiger partial charge in [0, 0.05) is 6.42 Å². The maximum Gasteiger partial charge on any atom is 0.328 e. The average Bonchev–Trinajstić information content (AvgIpc) is 2.40. The van der Waals surface area contributed by atoms with E-state index in [0.29, 0.717) is 0 Å². The van der Waals surface area contributed by atoms with Gasteiger partial charge in [0.2, 0.25) is 5.91 Å². The van der Waals surface area contributed by atoms with Crippen LogP contribution in [0, 0.1) is 0 Å². The van der Waals surface area contributed by atoms with Gasteiger partial charge in [-0.25, -0.2) is 4.79 Å². The molecule has 1 amide bonds. The van der Waals surface area contributed by atoms with E-state index in [-0.39, 0.29) is 18.7 Å². The van der Waals surface area contributed by atoms with Crippen LogP contribution in [-0.2, 0) is 23.9 Å². The fraction of sp³-hybridized carbons (Fsp3) is 0.727. The molecule has 0 unspecified atom stereocenters. The second-order valence-electron chi connectivity index (χ2n) is 3.71. The third kappa shape index (κ3) is 5.62. The molecule has 0 bridgehead atoms. The van der Waals surface area contributed by atoms with E-state index in [4.69, 9.17) is 0 Å². The van der Waals surface area contributed by atoms with Gasteiger partial charge in [0.25, 0.3) is 0 Å². The number of ether oxygens (including phenoxy) is 2. The smallest absolute Gasteiger partial charge is 0.328 e. The Balaban J connectivity index is 4.45. The molecular formula is C11H20N2O5. The zero-order valence-corrected chi connectivity index (χ0v) is 11.1. The minimum atomic E-state index is -0.850. The maximum atomic E-state index is 11.6. The monoisotopic (exact) mass is 260 g/mol. The second kappa shape index (κ2) is 8.46. The number of hydrogen-bond acceptors (Lipinski definition) is 6. The standard InChI is InChI=1S/C11H20N2O5/c1-7(12-2)10(15)13-8(11(16)18-4)5-6-9(14)17-3/h7-8,12H,5-6H2,1-4H3,(H,13,15)/t7-,8+/m1/s1. The molecule has 7 nitrogen and oxygen atoms in total. The molecular weight excluding hydrogens is 240 g/mol. The van der Waals surface area contributed by atoms with Crippen molar-refractivity contribution in [1.82, 2.24) is 10.6 Å². The van der Waals surface area contributed by atoms with Crippen molar-refractivity contribution < 1.29 is 23.9 Å². The Morgan fingerprint density at radius 1 is 1.17 bits per heavy atom. The Bertz CT molecular complexity index is 306. The van der Waals surface area contributed by atoms with Crippen LogP contribution in [-0.4, -0.2) is 51.2 Å². The molecule has 0 radical (unpaired) electrons. The number of methoxy groups -OCH3 is 2. The number of nitrogens with one attached hydrogen (secondary N) is 2. The summed E-state index contributed by atoms with van der Waals surface area (Å²) in [6.45, 7) is 1.66. The van der Waals surface area contributed by atoms with E-state index < -0.39 is 24.0 Å². The van der Waals surface area contributed by atoms with E-state index in [0.717, 1.165) is 0 Å². The molecule has 0 rings (SSSR count). The third-order valence-electron chi connectivity index (χ3n) is 2.49. The van der Waals surface area contributed by atoms with Crippen LogP contribution in [0.15, 0.2) is 0 Å². The zero-order chi connectivity index (χ0) is 14.1. The maximum absolute atomic E-state index is 11.6. The molecule has 0 fully saturated rings. The molecule has 0 saturated heterocycles. The van der Waals surface area contributed by atoms with Crippen LogP contribution in [0.5, 0.6) is 0 Å². The Hall–Kier alpha value is -1.63. The van der Waals surface area contributed by atoms with E-state index in [2.05, 4.69) is 20.1 Å². The molecule has 7 heteroatoms. The van der Waals surface area contributed by atoms with Crippen LogP contribution in [0.1, 0.15) is 19.8 Å². The van der Waals surface area contributed by atoms with Gasteiger partial charge in [-0.1, -0.05) is 0 Å². The number of amides is 1. The van der Waals surface area contributed by atoms with Crippen molar-refractivity contribution >= 4 is 17.8 Å². The third-order valence-corrected chi connectivity index (χ3v) is 2.49. The van der Waals surface area contributed by atoms with Crippen LogP contribution in [0.25, 0.3) is 0 Å². The van der Waals surface area contributed by atoms with Gasteiger partial charge < -0.3 is 20.1 Å². The van der Waals surface area contributed by atoms with Gasteiger partial charge in [-0.2, -0.15) is 0 Å². The number of carbonyl (C=O) groups is 3. The van der Waals surface area contributed by atoms with Gasteiger partial charge in [0.15, 0.2) is 0 Å². The Morgan fingerprint density at radius 2 is 1.78 bits per heavy atom. The van der Waals surface area contributed by atoms with Gasteiger partial charge in [0.1, 0.15) is 6.04 Å². The quantitative estimate of drug-likeness (QED) is 0.582. The van der Waals surface area contributed by atoms with Crippen LogP contribution < -0.4 is 10.6 Å². The highest BCUT2D eigenvalue weighted by Gasteiger charge is 2.24. The number of esters is 2. The number of carbonyl (C=O) groups excluding carboxylic acids is 3. The first kappa shape index (κ1) is 16.4. The predicted molar refractivity (Wildman–Crippen MR) is 63.7 cm³/mol. The molecule has 2 atom stereocenters. The molecule has 0 aliphatic heterocycles. The van der Waals surface area contributed by atoms with Crippen molar-refractivity contribution in [2.45, 2.75) is 31.8 Å². The lowest BCUT2D eigenvalue weighted by Crippen LogP contribution is -2.48. The van der Waals surface area contributed by atoms with E-state index in [1.54, 1.807) is 14.0 Å². The van der Waals surface area contributed by atoms with Gasteiger partial charge >= 0.3 is 11.9 Å². The van der Waals surface area contributed by atoms with E-state index in [1.807, 2.05) is 0 Å². The van der Waals surface area contributed by atoms with Crippen LogP contribution in [0.4, 0.5) is 0 Å². The number of likely N-dealkylation sites (N-methyl/N-ethyl adjacent to an activating group) is 1. The van der Waals surface area contributed by atoms with Gasteiger partial charge in [-0.05, 0) is 20.4 Å². The highest BCUT2D eigenvalue weighted by molar-refractivity contribution is 5.87. The van der Waals surface area contributed by atoms with Crippen molar-refractivity contribution in [3.8, 4) is 0 Å². The van der Waals surface area contributed by atoms with Crippen molar-refractivity contribution in [3.63, 3.8) is 0 Å². The summed E-state index contributed by atoms with van der Waals surface area (Å²) in [5, 5.41) is 5.26. The lowest BCUT2D eigenvalue weighted by atomic mass is 10.1. The second-order valence-corrected chi connectivity index (χ2v) is 3.71. The Labute approximate surface area is 106 Å². The molecule has 104 valence electrons. The summed E-state index contributed by atoms with van der Waals surface area (Å²) in [4.78, 5) is 34.1. The zero-order valence-electron chi connectivity index (χ0n) is 11.1. The summed E-state index contributed by atoms with van der Waals surface area (Å²) >= 11 is 0. The SMILES string of the molecule is CN[C@H](C)C(=O)N[C@@H](CCC(=O)OC)C(=O)OC. The molecule has 0 aliphatic carbocycles. The van der Waals surface area contributed by atoms with Gasteiger partial charge in [-0.15, -0.1) is 0 Å². The van der Waals surface area contributed by atoms with E-state index in [9.17, 15) is 14.4 Å². The summed E-state index contributed by atoms with van der Waals surface area (Å²) in [6.07, 6.45) is 0.173. The van der Waals surface area contributed by atoms with Crippen molar-refractivity contribution in [2.75, 3.05) is 21.3 Å². The lowest BCUT2D eigenvalue weighted by Gasteiger charge is -2.18. The summed E-state index contributed by atoms with van der Waals surface area (Å²) in [6, 6.07) is -1.28. The van der Waals surface area contributed by atoms with Gasteiger partial charge in [-0.3, -0.25) is 9.59 Å². The molecule has 0 saturated carbocycles. The molecule has 18 heavy (non-hydrogen) atoms. The molecule has 0 aromatic carbocycles. The number of rotatable bonds is 7. The van der Waals surface area contributed by atoms with E-state index in [1.165, 1.54) is 14.2 Å². The van der Waals surface area contributed by atoms with Crippen LogP contribution >= 0.6 is 0 Å². The topological polar surface area (TPSA) is 93.7 Å². The first-order valence-electron chi connectivity index (χ1n) is 5.58. The first-order valence-corrected chi connectivity index (χ1v) is 5.58. The minimum Gasteiger partial charge on any atom is -0.469 e. The molecule has 0 aliphatic rings. The summed E-state index contributed by atoms with van der Waals surface area (Å²) in [5.74, 6) is -1.37. The van der Waals surface area contributed by atoms with Crippen LogP contribution in [0.2, 0.25) is 0 Å². The largest absolute Gasteiger partial charge is 0.469 e. The molecule has 0 spiro atoms. The van der Waals surface area contributed by atoms with Crippen molar-refractivity contribution in [2.24, 2.45) is 0 Å². The normalized spacial score (nSPS) is 13.3. The number of hydrogen-bond donors (Lipinski definition) is 2. The summed E-state index contributed by atoms with van der Waals surface area (Å²) < 4.78 is 9.04. The van der Waals surface area contributed by atoms with Crippen molar-refractivity contribution in [1.29, 1.82) is 0 Å². The minimum absolute atomic E-state index is 0.0322. The highest BCUT2D eigenvalue weighted by atomic mass is 16.5. The van der Waals surface area contributed by atoms with Gasteiger partial charge in [0.05, 0.1) is 20.3 Å². The Kier molecular flexibility index (Phi) is 7.69. The summed E-state index contributed by atoms with van der Waals surface area (Å²) in [7, 11) is 4.12. The molecule has 2 N–H and O–H groups in total. The van der Waals surface area contributed by atoms with E-state index >= 15 is 0 Å². The molecule has 0 aromatic heterocycles.